The quantitative estimate of drug-likeness (QED) is 0.481. The maximum absolute atomic E-state index is 13.0. The van der Waals surface area contributed by atoms with Gasteiger partial charge in [-0.05, 0) is 68.1 Å². The van der Waals surface area contributed by atoms with Crippen LogP contribution in [0.2, 0.25) is 0 Å². The van der Waals surface area contributed by atoms with Crippen LogP contribution >= 0.6 is 0 Å². The largest absolute Gasteiger partial charge is 0.326 e. The molecule has 8 nitrogen and oxygen atoms in total. The number of fused-ring (bicyclic) bond motifs is 2. The van der Waals surface area contributed by atoms with E-state index >= 15 is 0 Å². The number of nitriles is 1. The number of nitrogens with one attached hydrogen (secondary N) is 1. The van der Waals surface area contributed by atoms with Gasteiger partial charge in [0.15, 0.2) is 5.65 Å². The summed E-state index contributed by atoms with van der Waals surface area (Å²) >= 11 is 0. The number of hydrogen-bond donors (Lipinski definition) is 1. The van der Waals surface area contributed by atoms with Crippen LogP contribution in [0.3, 0.4) is 0 Å². The Labute approximate surface area is 202 Å². The van der Waals surface area contributed by atoms with E-state index in [4.69, 9.17) is 0 Å². The van der Waals surface area contributed by atoms with E-state index in [2.05, 4.69) is 27.5 Å². The van der Waals surface area contributed by atoms with Crippen LogP contribution in [0.1, 0.15) is 44.9 Å². The molecule has 0 spiro atoms. The number of para-hydroxylation sites is 1. The van der Waals surface area contributed by atoms with Crippen molar-refractivity contribution in [3.8, 4) is 6.07 Å². The van der Waals surface area contributed by atoms with Crippen molar-refractivity contribution in [2.75, 3.05) is 16.8 Å². The van der Waals surface area contributed by atoms with Gasteiger partial charge in [-0.3, -0.25) is 9.59 Å². The first-order chi connectivity index (χ1) is 17.0. The molecule has 2 aromatic heterocycles. The molecular formula is C27H24N6O2. The Morgan fingerprint density at radius 3 is 2.66 bits per heavy atom. The van der Waals surface area contributed by atoms with Gasteiger partial charge >= 0.3 is 0 Å². The highest BCUT2D eigenvalue weighted by molar-refractivity contribution is 6.07. The number of amides is 2. The van der Waals surface area contributed by atoms with Gasteiger partial charge in [0.05, 0.1) is 6.20 Å². The van der Waals surface area contributed by atoms with E-state index in [1.54, 1.807) is 33.7 Å². The van der Waals surface area contributed by atoms with Crippen LogP contribution in [0.5, 0.6) is 0 Å². The average molecular weight is 465 g/mol. The van der Waals surface area contributed by atoms with Crippen LogP contribution in [0.15, 0.2) is 54.7 Å². The molecule has 0 unspecified atom stereocenters. The number of nitrogens with zero attached hydrogens (tertiary/aromatic N) is 5. The smallest absolute Gasteiger partial charge is 0.258 e. The number of carbonyl (C=O) groups excluding carboxylic acids is 2. The van der Waals surface area contributed by atoms with Crippen molar-refractivity contribution in [1.29, 1.82) is 5.26 Å². The molecule has 1 aliphatic heterocycles. The first-order valence-corrected chi connectivity index (χ1v) is 11.5. The first kappa shape index (κ1) is 22.3. The zero-order chi connectivity index (χ0) is 24.5. The van der Waals surface area contributed by atoms with Crippen molar-refractivity contribution in [2.24, 2.45) is 0 Å². The molecule has 0 aliphatic carbocycles. The first-order valence-electron chi connectivity index (χ1n) is 11.5. The van der Waals surface area contributed by atoms with E-state index in [-0.39, 0.29) is 18.2 Å². The summed E-state index contributed by atoms with van der Waals surface area (Å²) in [5.74, 6) is -0.172. The molecule has 0 saturated carbocycles. The van der Waals surface area contributed by atoms with E-state index in [0.29, 0.717) is 35.4 Å². The number of anilines is 2. The molecule has 2 aromatic carbocycles. The molecule has 5 rings (SSSR count). The van der Waals surface area contributed by atoms with Crippen LogP contribution in [0.25, 0.3) is 5.65 Å². The third-order valence-corrected chi connectivity index (χ3v) is 6.48. The molecule has 4 aromatic rings. The Morgan fingerprint density at radius 2 is 1.89 bits per heavy atom. The van der Waals surface area contributed by atoms with Crippen LogP contribution in [0.4, 0.5) is 11.4 Å². The summed E-state index contributed by atoms with van der Waals surface area (Å²) in [6.07, 6.45) is 3.13. The molecule has 2 amide bonds. The monoisotopic (exact) mass is 464 g/mol. The molecule has 35 heavy (non-hydrogen) atoms. The van der Waals surface area contributed by atoms with Gasteiger partial charge < -0.3 is 10.2 Å². The molecule has 1 N–H and O–H groups in total. The lowest BCUT2D eigenvalue weighted by molar-refractivity contribution is -0.116. The number of benzene rings is 2. The predicted octanol–water partition coefficient (Wildman–Crippen LogP) is 3.99. The fraction of sp³-hybridized carbons (Fsp3) is 0.222. The van der Waals surface area contributed by atoms with Crippen molar-refractivity contribution >= 4 is 28.8 Å². The Balaban J connectivity index is 1.23. The van der Waals surface area contributed by atoms with E-state index in [1.165, 1.54) is 11.8 Å². The number of rotatable bonds is 5. The van der Waals surface area contributed by atoms with E-state index < -0.39 is 0 Å². The topological polar surface area (TPSA) is 103 Å². The standard InChI is InChI=1S/C27H24N6O2/c1-17-23(18(2)33-26(30-17)21(15-28)16-29-33)11-12-25(34)31-22-9-7-20(8-10-22)27(35)32-14-13-19-5-3-4-6-24(19)32/h3-10,16H,11-14H2,1-2H3,(H,31,34). The normalized spacial score (nSPS) is 12.4. The van der Waals surface area contributed by atoms with Gasteiger partial charge in [0, 0.05) is 41.3 Å². The fourth-order valence-corrected chi connectivity index (χ4v) is 4.61. The minimum Gasteiger partial charge on any atom is -0.326 e. The number of carbonyl (C=O) groups is 2. The summed E-state index contributed by atoms with van der Waals surface area (Å²) in [4.78, 5) is 31.9. The van der Waals surface area contributed by atoms with Gasteiger partial charge in [-0.2, -0.15) is 10.4 Å². The minimum atomic E-state index is -0.130. The van der Waals surface area contributed by atoms with Crippen LogP contribution < -0.4 is 10.2 Å². The maximum atomic E-state index is 13.0. The van der Waals surface area contributed by atoms with Gasteiger partial charge in [-0.15, -0.1) is 0 Å². The Hall–Kier alpha value is -4.51. The number of aryl methyl sites for hydroxylation is 2. The van der Waals surface area contributed by atoms with Gasteiger partial charge in [0.2, 0.25) is 5.91 Å². The number of hydrogen-bond acceptors (Lipinski definition) is 5. The highest BCUT2D eigenvalue weighted by atomic mass is 16.2. The van der Waals surface area contributed by atoms with Gasteiger partial charge in [0.25, 0.3) is 5.91 Å². The molecule has 0 atom stereocenters. The Bertz CT molecular complexity index is 1500. The maximum Gasteiger partial charge on any atom is 0.258 e. The molecule has 0 fully saturated rings. The second-order valence-electron chi connectivity index (χ2n) is 8.63. The highest BCUT2D eigenvalue weighted by Crippen LogP contribution is 2.29. The summed E-state index contributed by atoms with van der Waals surface area (Å²) in [6.45, 7) is 4.47. The molecule has 174 valence electrons. The Kier molecular flexibility index (Phi) is 5.75. The van der Waals surface area contributed by atoms with Crippen LogP contribution in [-0.4, -0.2) is 33.0 Å². The lowest BCUT2D eigenvalue weighted by Crippen LogP contribution is -2.28. The zero-order valence-corrected chi connectivity index (χ0v) is 19.6. The Morgan fingerprint density at radius 1 is 1.11 bits per heavy atom. The zero-order valence-electron chi connectivity index (χ0n) is 19.6. The predicted molar refractivity (Wildman–Crippen MR) is 132 cm³/mol. The summed E-state index contributed by atoms with van der Waals surface area (Å²) in [7, 11) is 0. The van der Waals surface area contributed by atoms with E-state index in [9.17, 15) is 14.9 Å². The van der Waals surface area contributed by atoms with Crippen LogP contribution in [0, 0.1) is 25.2 Å². The fourth-order valence-electron chi connectivity index (χ4n) is 4.61. The second kappa shape index (κ2) is 9.03. The molecule has 0 saturated heterocycles. The van der Waals surface area contributed by atoms with Crippen molar-refractivity contribution in [3.63, 3.8) is 0 Å². The molecule has 0 radical (unpaired) electrons. The van der Waals surface area contributed by atoms with Gasteiger partial charge in [0.1, 0.15) is 11.6 Å². The summed E-state index contributed by atoms with van der Waals surface area (Å²) in [5.41, 5.74) is 6.92. The average Bonchev–Trinajstić information content (AvgIpc) is 3.48. The highest BCUT2D eigenvalue weighted by Gasteiger charge is 2.25. The minimum absolute atomic E-state index is 0.0418. The third kappa shape index (κ3) is 4.13. The lowest BCUT2D eigenvalue weighted by Gasteiger charge is -2.17. The molecule has 0 bridgehead atoms. The lowest BCUT2D eigenvalue weighted by atomic mass is 10.1. The molecule has 3 heterocycles. The second-order valence-corrected chi connectivity index (χ2v) is 8.63. The summed E-state index contributed by atoms with van der Waals surface area (Å²) in [6, 6.07) is 17.1. The van der Waals surface area contributed by atoms with Crippen molar-refractivity contribution in [1.82, 2.24) is 14.6 Å². The van der Waals surface area contributed by atoms with E-state index in [0.717, 1.165) is 29.1 Å². The van der Waals surface area contributed by atoms with Crippen molar-refractivity contribution in [3.05, 3.63) is 88.4 Å². The van der Waals surface area contributed by atoms with Gasteiger partial charge in [-0.25, -0.2) is 9.50 Å². The van der Waals surface area contributed by atoms with E-state index in [1.807, 2.05) is 32.0 Å². The van der Waals surface area contributed by atoms with Crippen LogP contribution in [-0.2, 0) is 17.6 Å². The van der Waals surface area contributed by atoms with Crippen molar-refractivity contribution < 1.29 is 9.59 Å². The summed E-state index contributed by atoms with van der Waals surface area (Å²) < 4.78 is 1.65. The molecular weight excluding hydrogens is 440 g/mol. The number of aromatic nitrogens is 3. The third-order valence-electron chi connectivity index (χ3n) is 6.48. The summed E-state index contributed by atoms with van der Waals surface area (Å²) in [5, 5.41) is 16.4. The molecule has 1 aliphatic rings. The van der Waals surface area contributed by atoms with Gasteiger partial charge in [-0.1, -0.05) is 18.2 Å². The SMILES string of the molecule is Cc1nc2c(C#N)cnn2c(C)c1CCC(=O)Nc1ccc(C(=O)N2CCc3ccccc32)cc1. The molecule has 8 heteroatoms. The van der Waals surface area contributed by atoms with Crippen molar-refractivity contribution in [2.45, 2.75) is 33.1 Å².